The number of anilines is 2. The molecule has 0 saturated carbocycles. The van der Waals surface area contributed by atoms with Gasteiger partial charge in [-0.05, 0) is 36.8 Å². The minimum atomic E-state index is -0.304. The summed E-state index contributed by atoms with van der Waals surface area (Å²) in [5.74, 6) is -0.549. The minimum absolute atomic E-state index is 0.103. The number of nitrogens with one attached hydrogen (secondary N) is 1. The Balaban J connectivity index is 1.50. The van der Waals surface area contributed by atoms with Crippen molar-refractivity contribution in [3.8, 4) is 11.3 Å². The number of nitrogens with two attached hydrogens (primary N) is 1. The number of nitrogen functional groups attached to an aromatic ring is 1. The Morgan fingerprint density at radius 1 is 1.06 bits per heavy atom. The van der Waals surface area contributed by atoms with Crippen molar-refractivity contribution < 1.29 is 9.59 Å². The maximum Gasteiger partial charge on any atom is 0.256 e. The zero-order valence-corrected chi connectivity index (χ0v) is 18.8. The molecule has 2 heterocycles. The molecule has 3 N–H and O–H groups in total. The van der Waals surface area contributed by atoms with Crippen LogP contribution in [0.5, 0.6) is 0 Å². The number of pyridine rings is 1. The number of carbonyl (C=O) groups excluding carboxylic acids is 2. The van der Waals surface area contributed by atoms with E-state index in [-0.39, 0.29) is 24.4 Å². The molecule has 166 valence electrons. The molecule has 2 aromatic carbocycles. The number of nitrogens with zero attached hydrogens (tertiary/aromatic N) is 3. The monoisotopic (exact) mass is 457 g/mol. The van der Waals surface area contributed by atoms with Crippen LogP contribution in [0.4, 0.5) is 10.8 Å². The average molecular weight is 458 g/mol. The van der Waals surface area contributed by atoms with Gasteiger partial charge in [0.25, 0.3) is 5.91 Å². The van der Waals surface area contributed by atoms with E-state index in [2.05, 4.69) is 15.3 Å². The summed E-state index contributed by atoms with van der Waals surface area (Å²) in [5, 5.41) is 5.27. The predicted octanol–water partition coefficient (Wildman–Crippen LogP) is 4.63. The fraction of sp³-hybridized carbons (Fsp3) is 0.120. The molecule has 0 bridgehead atoms. The van der Waals surface area contributed by atoms with Gasteiger partial charge in [-0.1, -0.05) is 42.5 Å². The lowest BCUT2D eigenvalue weighted by Crippen LogP contribution is -2.39. The maximum absolute atomic E-state index is 13.2. The van der Waals surface area contributed by atoms with Gasteiger partial charge in [0.15, 0.2) is 5.13 Å². The minimum Gasteiger partial charge on any atom is -0.375 e. The molecule has 33 heavy (non-hydrogen) atoms. The van der Waals surface area contributed by atoms with E-state index in [9.17, 15) is 9.59 Å². The van der Waals surface area contributed by atoms with Crippen LogP contribution in [0.3, 0.4) is 0 Å². The number of carbonyl (C=O) groups is 2. The quantitative estimate of drug-likeness (QED) is 0.421. The maximum atomic E-state index is 13.2. The van der Waals surface area contributed by atoms with Crippen molar-refractivity contribution in [3.05, 3.63) is 95.6 Å². The van der Waals surface area contributed by atoms with E-state index in [1.165, 1.54) is 17.5 Å². The Kier molecular flexibility index (Phi) is 6.75. The van der Waals surface area contributed by atoms with Crippen LogP contribution < -0.4 is 11.1 Å². The summed E-state index contributed by atoms with van der Waals surface area (Å²) in [6.45, 7) is 1.80. The third-order valence-electron chi connectivity index (χ3n) is 5.22. The first kappa shape index (κ1) is 22.2. The molecule has 0 unspecified atom stereocenters. The molecule has 8 heteroatoms. The first-order valence-electron chi connectivity index (χ1n) is 10.4. The molecule has 0 radical (unpaired) electrons. The van der Waals surface area contributed by atoms with Crippen molar-refractivity contribution in [2.24, 2.45) is 0 Å². The highest BCUT2D eigenvalue weighted by atomic mass is 32.1. The van der Waals surface area contributed by atoms with Gasteiger partial charge < -0.3 is 16.0 Å². The van der Waals surface area contributed by atoms with Crippen LogP contribution in [-0.2, 0) is 4.79 Å². The molecular formula is C25H23N5O2S. The van der Waals surface area contributed by atoms with E-state index in [0.29, 0.717) is 16.4 Å². The fourth-order valence-corrected chi connectivity index (χ4v) is 4.02. The van der Waals surface area contributed by atoms with Gasteiger partial charge >= 0.3 is 0 Å². The number of thiazole rings is 1. The Hall–Kier alpha value is -4.04. The third-order valence-corrected chi connectivity index (χ3v) is 5.89. The molecular weight excluding hydrogens is 434 g/mol. The molecule has 4 aromatic rings. The average Bonchev–Trinajstić information content (AvgIpc) is 3.29. The molecule has 1 atom stereocenters. The Labute approximate surface area is 195 Å². The van der Waals surface area contributed by atoms with E-state index in [4.69, 9.17) is 5.73 Å². The number of rotatable bonds is 7. The second-order valence-electron chi connectivity index (χ2n) is 7.46. The molecule has 0 fully saturated rings. The van der Waals surface area contributed by atoms with Crippen LogP contribution >= 0.6 is 11.3 Å². The first-order chi connectivity index (χ1) is 16.0. The SMILES string of the molecule is C[C@@H](c1ccccc1)N(CC(=O)Nc1ccc(-c2csc(N)n2)cc1)C(=O)c1cccnc1. The molecule has 2 aromatic heterocycles. The Morgan fingerprint density at radius 2 is 1.82 bits per heavy atom. The molecule has 0 aliphatic carbocycles. The van der Waals surface area contributed by atoms with Crippen LogP contribution in [0.2, 0.25) is 0 Å². The summed E-state index contributed by atoms with van der Waals surface area (Å²) in [6, 6.07) is 20.1. The van der Waals surface area contributed by atoms with Gasteiger partial charge in [0.1, 0.15) is 6.54 Å². The second kappa shape index (κ2) is 10.1. The van der Waals surface area contributed by atoms with Crippen molar-refractivity contribution in [2.75, 3.05) is 17.6 Å². The standard InChI is InChI=1S/C25H23N5O2S/c1-17(18-6-3-2-4-7-18)30(24(32)20-8-5-13-27-14-20)15-23(31)28-21-11-9-19(10-12-21)22-16-33-25(26)29-22/h2-14,16-17H,15H2,1H3,(H2,26,29)(H,28,31)/t17-/m0/s1. The van der Waals surface area contributed by atoms with Gasteiger partial charge in [-0.2, -0.15) is 0 Å². The highest BCUT2D eigenvalue weighted by molar-refractivity contribution is 7.13. The normalized spacial score (nSPS) is 11.5. The van der Waals surface area contributed by atoms with Crippen molar-refractivity contribution in [3.63, 3.8) is 0 Å². The molecule has 0 saturated heterocycles. The van der Waals surface area contributed by atoms with Gasteiger partial charge in [-0.15, -0.1) is 11.3 Å². The third kappa shape index (κ3) is 5.42. The smallest absolute Gasteiger partial charge is 0.256 e. The van der Waals surface area contributed by atoms with Gasteiger partial charge in [-0.3, -0.25) is 14.6 Å². The Morgan fingerprint density at radius 3 is 2.45 bits per heavy atom. The highest BCUT2D eigenvalue weighted by Gasteiger charge is 2.25. The summed E-state index contributed by atoms with van der Waals surface area (Å²) in [5.41, 5.74) is 9.41. The molecule has 0 spiro atoms. The van der Waals surface area contributed by atoms with Crippen LogP contribution in [-0.4, -0.2) is 33.2 Å². The predicted molar refractivity (Wildman–Crippen MR) is 131 cm³/mol. The highest BCUT2D eigenvalue weighted by Crippen LogP contribution is 2.25. The summed E-state index contributed by atoms with van der Waals surface area (Å²) >= 11 is 1.38. The molecule has 4 rings (SSSR count). The number of aromatic nitrogens is 2. The van der Waals surface area contributed by atoms with Crippen LogP contribution in [0.15, 0.2) is 84.5 Å². The summed E-state index contributed by atoms with van der Waals surface area (Å²) < 4.78 is 0. The number of benzene rings is 2. The molecule has 2 amide bonds. The molecule has 0 aliphatic rings. The van der Waals surface area contributed by atoms with Crippen molar-refractivity contribution >= 4 is 34.0 Å². The summed E-state index contributed by atoms with van der Waals surface area (Å²) in [7, 11) is 0. The Bertz CT molecular complexity index is 1230. The van der Waals surface area contributed by atoms with Gasteiger partial charge in [-0.25, -0.2) is 4.98 Å². The van der Waals surface area contributed by atoms with Crippen LogP contribution in [0.1, 0.15) is 28.9 Å². The van der Waals surface area contributed by atoms with Crippen LogP contribution in [0, 0.1) is 0 Å². The molecule has 7 nitrogen and oxygen atoms in total. The largest absolute Gasteiger partial charge is 0.375 e. The topological polar surface area (TPSA) is 101 Å². The lowest BCUT2D eigenvalue weighted by Gasteiger charge is -2.29. The van der Waals surface area contributed by atoms with E-state index in [1.54, 1.807) is 35.4 Å². The van der Waals surface area contributed by atoms with Gasteiger partial charge in [0.2, 0.25) is 5.91 Å². The van der Waals surface area contributed by atoms with Crippen molar-refractivity contribution in [1.82, 2.24) is 14.9 Å². The summed E-state index contributed by atoms with van der Waals surface area (Å²) in [6.07, 6.45) is 3.12. The number of hydrogen-bond acceptors (Lipinski definition) is 6. The van der Waals surface area contributed by atoms with E-state index in [0.717, 1.165) is 16.8 Å². The van der Waals surface area contributed by atoms with Crippen LogP contribution in [0.25, 0.3) is 11.3 Å². The zero-order valence-electron chi connectivity index (χ0n) is 18.0. The van der Waals surface area contributed by atoms with Crippen molar-refractivity contribution in [2.45, 2.75) is 13.0 Å². The lowest BCUT2D eigenvalue weighted by atomic mass is 10.1. The van der Waals surface area contributed by atoms with Gasteiger partial charge in [0.05, 0.1) is 17.3 Å². The molecule has 0 aliphatic heterocycles. The number of hydrogen-bond donors (Lipinski definition) is 2. The first-order valence-corrected chi connectivity index (χ1v) is 11.3. The summed E-state index contributed by atoms with van der Waals surface area (Å²) in [4.78, 5) is 36.0. The fourth-order valence-electron chi connectivity index (χ4n) is 3.45. The number of amides is 2. The van der Waals surface area contributed by atoms with E-state index in [1.807, 2.05) is 54.8 Å². The lowest BCUT2D eigenvalue weighted by molar-refractivity contribution is -0.117. The van der Waals surface area contributed by atoms with Gasteiger partial charge in [0, 0.05) is 29.0 Å². The van der Waals surface area contributed by atoms with E-state index < -0.39 is 0 Å². The second-order valence-corrected chi connectivity index (χ2v) is 8.35. The van der Waals surface area contributed by atoms with Crippen molar-refractivity contribution in [1.29, 1.82) is 0 Å². The zero-order chi connectivity index (χ0) is 23.2. The van der Waals surface area contributed by atoms with E-state index >= 15 is 0 Å².